The lowest BCUT2D eigenvalue weighted by Gasteiger charge is -2.24. The van der Waals surface area contributed by atoms with Crippen molar-refractivity contribution >= 4 is 18.0 Å². The van der Waals surface area contributed by atoms with Gasteiger partial charge in [-0.3, -0.25) is 4.79 Å². The number of hydrogen-bond acceptors (Lipinski definition) is 6. The molecule has 0 aliphatic carbocycles. The van der Waals surface area contributed by atoms with E-state index < -0.39 is 35.7 Å². The summed E-state index contributed by atoms with van der Waals surface area (Å²) in [4.78, 5) is 36.2. The van der Waals surface area contributed by atoms with Crippen molar-refractivity contribution in [1.29, 1.82) is 0 Å². The lowest BCUT2D eigenvalue weighted by Crippen LogP contribution is -2.53. The molecule has 0 saturated heterocycles. The molecule has 1 rings (SSSR count). The molecule has 2 amide bonds. The molecule has 0 unspecified atom stereocenters. The van der Waals surface area contributed by atoms with Crippen LogP contribution >= 0.6 is 0 Å². The minimum absolute atomic E-state index is 0.0672. The largest absolute Gasteiger partial charge is 0.508 e. The van der Waals surface area contributed by atoms with Gasteiger partial charge in [-0.2, -0.15) is 0 Å². The second-order valence-corrected chi connectivity index (χ2v) is 7.40. The summed E-state index contributed by atoms with van der Waals surface area (Å²) in [6.07, 6.45) is -0.0931. The highest BCUT2D eigenvalue weighted by Gasteiger charge is 2.28. The number of phenols is 1. The highest BCUT2D eigenvalue weighted by Crippen LogP contribution is 2.13. The van der Waals surface area contributed by atoms with E-state index in [1.165, 1.54) is 12.1 Å². The molecule has 0 radical (unpaired) electrons. The molecule has 0 aromatic heterocycles. The first-order chi connectivity index (χ1) is 13.0. The Hall–Kier alpha value is -2.81. The molecule has 28 heavy (non-hydrogen) atoms. The molecule has 1 aromatic rings. The average molecular weight is 395 g/mol. The van der Waals surface area contributed by atoms with Crippen LogP contribution in [0.3, 0.4) is 0 Å². The van der Waals surface area contributed by atoms with Crippen LogP contribution < -0.4 is 16.4 Å². The average Bonchev–Trinajstić information content (AvgIpc) is 2.57. The van der Waals surface area contributed by atoms with Crippen molar-refractivity contribution in [3.05, 3.63) is 29.8 Å². The Labute approximate surface area is 164 Å². The van der Waals surface area contributed by atoms with Crippen molar-refractivity contribution in [3.8, 4) is 5.75 Å². The zero-order chi connectivity index (χ0) is 21.3. The maximum atomic E-state index is 12.7. The molecule has 0 aliphatic rings. The number of carbonyl (C=O) groups excluding carboxylic acids is 2. The third-order valence-corrected chi connectivity index (χ3v) is 3.70. The summed E-state index contributed by atoms with van der Waals surface area (Å²) in [6.45, 7) is 5.37. The van der Waals surface area contributed by atoms with Crippen LogP contribution in [0.15, 0.2) is 24.3 Å². The summed E-state index contributed by atoms with van der Waals surface area (Å²) in [6, 6.07) is 3.96. The van der Waals surface area contributed by atoms with E-state index in [0.29, 0.717) is 18.5 Å². The van der Waals surface area contributed by atoms with E-state index in [1.54, 1.807) is 32.9 Å². The summed E-state index contributed by atoms with van der Waals surface area (Å²) >= 11 is 0. The molecule has 9 nitrogen and oxygen atoms in total. The predicted molar refractivity (Wildman–Crippen MR) is 103 cm³/mol. The Balaban J connectivity index is 2.93. The number of nitrogens with one attached hydrogen (secondary N) is 2. The fourth-order valence-corrected chi connectivity index (χ4v) is 2.38. The van der Waals surface area contributed by atoms with Gasteiger partial charge in [-0.25, -0.2) is 9.59 Å². The van der Waals surface area contributed by atoms with E-state index >= 15 is 0 Å². The van der Waals surface area contributed by atoms with Gasteiger partial charge in [0, 0.05) is 6.42 Å². The molecule has 9 heteroatoms. The van der Waals surface area contributed by atoms with E-state index in [0.717, 1.165) is 0 Å². The zero-order valence-electron chi connectivity index (χ0n) is 16.4. The van der Waals surface area contributed by atoms with Crippen molar-refractivity contribution in [2.24, 2.45) is 5.73 Å². The molecule has 0 spiro atoms. The van der Waals surface area contributed by atoms with E-state index in [1.807, 2.05) is 0 Å². The van der Waals surface area contributed by atoms with Crippen LogP contribution in [0.4, 0.5) is 4.79 Å². The number of carboxylic acid groups (broad SMARTS) is 1. The maximum absolute atomic E-state index is 12.7. The number of phenolic OH excluding ortho intramolecular Hbond substituents is 1. The number of alkyl carbamates (subject to hydrolysis) is 1. The van der Waals surface area contributed by atoms with Crippen LogP contribution in [-0.4, -0.2) is 52.4 Å². The Morgan fingerprint density at radius 1 is 1.11 bits per heavy atom. The molecule has 1 aromatic carbocycles. The van der Waals surface area contributed by atoms with Gasteiger partial charge in [0.05, 0.1) is 0 Å². The summed E-state index contributed by atoms with van der Waals surface area (Å²) in [5, 5.41) is 23.6. The smallest absolute Gasteiger partial charge is 0.408 e. The van der Waals surface area contributed by atoms with Gasteiger partial charge in [-0.15, -0.1) is 0 Å². The van der Waals surface area contributed by atoms with Crippen LogP contribution in [0, 0.1) is 0 Å². The second kappa shape index (κ2) is 10.5. The number of hydrogen-bond donors (Lipinski definition) is 5. The zero-order valence-corrected chi connectivity index (χ0v) is 16.4. The first kappa shape index (κ1) is 23.2. The number of carboxylic acids is 1. The van der Waals surface area contributed by atoms with E-state index in [2.05, 4.69) is 10.6 Å². The first-order valence-corrected chi connectivity index (χ1v) is 9.02. The van der Waals surface area contributed by atoms with Gasteiger partial charge in [-0.1, -0.05) is 12.1 Å². The maximum Gasteiger partial charge on any atom is 0.408 e. The van der Waals surface area contributed by atoms with Gasteiger partial charge in [0.1, 0.15) is 23.4 Å². The van der Waals surface area contributed by atoms with Crippen molar-refractivity contribution < 1.29 is 29.3 Å². The number of nitrogens with two attached hydrogens (primary N) is 1. The number of rotatable bonds is 9. The lowest BCUT2D eigenvalue weighted by atomic mass is 10.0. The predicted octanol–water partition coefficient (Wildman–Crippen LogP) is 1.14. The van der Waals surface area contributed by atoms with Gasteiger partial charge < -0.3 is 31.3 Å². The highest BCUT2D eigenvalue weighted by molar-refractivity contribution is 5.89. The van der Waals surface area contributed by atoms with Gasteiger partial charge in [0.25, 0.3) is 0 Å². The van der Waals surface area contributed by atoms with Gasteiger partial charge in [0.2, 0.25) is 5.91 Å². The second-order valence-electron chi connectivity index (χ2n) is 7.40. The monoisotopic (exact) mass is 395 g/mol. The Morgan fingerprint density at radius 3 is 2.21 bits per heavy atom. The molecule has 6 N–H and O–H groups in total. The summed E-state index contributed by atoms with van der Waals surface area (Å²) < 4.78 is 5.19. The number of benzene rings is 1. The lowest BCUT2D eigenvalue weighted by molar-refractivity contribution is -0.142. The van der Waals surface area contributed by atoms with Crippen molar-refractivity contribution in [3.63, 3.8) is 0 Å². The normalized spacial score (nSPS) is 13.3. The number of ether oxygens (including phenoxy) is 1. The van der Waals surface area contributed by atoms with Gasteiger partial charge in [-0.05, 0) is 57.9 Å². The van der Waals surface area contributed by atoms with E-state index in [-0.39, 0.29) is 18.6 Å². The molecule has 156 valence electrons. The third-order valence-electron chi connectivity index (χ3n) is 3.70. The molecule has 0 heterocycles. The summed E-state index contributed by atoms with van der Waals surface area (Å²) in [5.74, 6) is -1.76. The minimum atomic E-state index is -1.18. The first-order valence-electron chi connectivity index (χ1n) is 9.02. The fraction of sp³-hybridized carbons (Fsp3) is 0.526. The number of aliphatic carboxylic acids is 1. The molecule has 0 aliphatic heterocycles. The Morgan fingerprint density at radius 2 is 1.71 bits per heavy atom. The quantitative estimate of drug-likeness (QED) is 0.420. The van der Waals surface area contributed by atoms with Crippen LogP contribution in [0.5, 0.6) is 5.75 Å². The van der Waals surface area contributed by atoms with Gasteiger partial charge in [0.15, 0.2) is 0 Å². The van der Waals surface area contributed by atoms with Crippen LogP contribution in [0.25, 0.3) is 0 Å². The van der Waals surface area contributed by atoms with E-state index in [9.17, 15) is 24.6 Å². The minimum Gasteiger partial charge on any atom is -0.508 e. The van der Waals surface area contributed by atoms with Crippen molar-refractivity contribution in [2.45, 2.75) is 57.7 Å². The van der Waals surface area contributed by atoms with Crippen molar-refractivity contribution in [1.82, 2.24) is 10.6 Å². The Kier molecular flexibility index (Phi) is 8.72. The summed E-state index contributed by atoms with van der Waals surface area (Å²) in [7, 11) is 0. The van der Waals surface area contributed by atoms with Crippen molar-refractivity contribution in [2.75, 3.05) is 6.54 Å². The molecule has 0 fully saturated rings. The van der Waals surface area contributed by atoms with Crippen LogP contribution in [0.1, 0.15) is 39.2 Å². The topological polar surface area (TPSA) is 151 Å². The van der Waals surface area contributed by atoms with Gasteiger partial charge >= 0.3 is 12.1 Å². The molecule has 2 atom stereocenters. The molecule has 0 saturated carbocycles. The standard InChI is InChI=1S/C19H29N3O6/c1-19(2,3)28-18(27)22-15(11-12-6-8-13(23)9-7-12)16(24)21-14(17(25)26)5-4-10-20/h6-9,14-15,23H,4-5,10-11,20H2,1-3H3,(H,21,24)(H,22,27)(H,25,26)/t14-,15+/m1/s1. The SMILES string of the molecule is CC(C)(C)OC(=O)N[C@@H](Cc1ccc(O)cc1)C(=O)N[C@H](CCCN)C(=O)O. The number of amides is 2. The summed E-state index contributed by atoms with van der Waals surface area (Å²) in [5.41, 5.74) is 5.32. The number of aromatic hydroxyl groups is 1. The molecular formula is C19H29N3O6. The molecule has 0 bridgehead atoms. The van der Waals surface area contributed by atoms with Crippen LogP contribution in [0.2, 0.25) is 0 Å². The van der Waals surface area contributed by atoms with Crippen LogP contribution in [-0.2, 0) is 20.7 Å². The molecular weight excluding hydrogens is 366 g/mol. The highest BCUT2D eigenvalue weighted by atomic mass is 16.6. The number of carbonyl (C=O) groups is 3. The fourth-order valence-electron chi connectivity index (χ4n) is 2.38. The Bertz CT molecular complexity index is 669. The third kappa shape index (κ3) is 8.72. The van der Waals surface area contributed by atoms with E-state index in [4.69, 9.17) is 10.5 Å².